The van der Waals surface area contributed by atoms with Crippen LogP contribution in [-0.2, 0) is 22.6 Å². The zero-order valence-corrected chi connectivity index (χ0v) is 10.4. The minimum Gasteiger partial charge on any atom is -0.468 e. The van der Waals surface area contributed by atoms with E-state index in [1.165, 1.54) is 12.8 Å². The molecule has 96 valence electrons. The van der Waals surface area contributed by atoms with Crippen LogP contribution in [0.15, 0.2) is 16.7 Å². The Morgan fingerprint density at radius 3 is 3.18 bits per heavy atom. The van der Waals surface area contributed by atoms with Gasteiger partial charge in [0.15, 0.2) is 0 Å². The fourth-order valence-electron chi connectivity index (χ4n) is 2.05. The maximum atomic E-state index is 5.69. The summed E-state index contributed by atoms with van der Waals surface area (Å²) in [5.41, 5.74) is 1.12. The first-order chi connectivity index (χ1) is 8.40. The van der Waals surface area contributed by atoms with Crippen molar-refractivity contribution >= 4 is 0 Å². The van der Waals surface area contributed by atoms with E-state index in [-0.39, 0.29) is 6.10 Å². The van der Waals surface area contributed by atoms with E-state index in [0.717, 1.165) is 30.9 Å². The van der Waals surface area contributed by atoms with Crippen LogP contribution < -0.4 is 5.32 Å². The quantitative estimate of drug-likeness (QED) is 0.825. The highest BCUT2D eigenvalue weighted by atomic mass is 16.5. The minimum atomic E-state index is 0.281. The first-order valence-corrected chi connectivity index (χ1v) is 6.29. The number of nitrogens with one attached hydrogen (secondary N) is 1. The van der Waals surface area contributed by atoms with Crippen molar-refractivity contribution in [2.45, 2.75) is 38.5 Å². The summed E-state index contributed by atoms with van der Waals surface area (Å²) in [4.78, 5) is 0. The Labute approximate surface area is 102 Å². The molecule has 0 aliphatic carbocycles. The van der Waals surface area contributed by atoms with E-state index in [9.17, 15) is 0 Å². The van der Waals surface area contributed by atoms with Crippen LogP contribution in [0.25, 0.3) is 0 Å². The molecule has 0 radical (unpaired) electrons. The smallest absolute Gasteiger partial charge is 0.123 e. The monoisotopic (exact) mass is 239 g/mol. The Morgan fingerprint density at radius 2 is 2.41 bits per heavy atom. The number of hydrogen-bond donors (Lipinski definition) is 1. The molecule has 1 N–H and O–H groups in total. The van der Waals surface area contributed by atoms with Crippen LogP contribution in [0.2, 0.25) is 0 Å². The zero-order chi connectivity index (χ0) is 11.9. The van der Waals surface area contributed by atoms with Crippen LogP contribution in [0.3, 0.4) is 0 Å². The standard InChI is InChI=1S/C13H21NO3/c1-14-8-13-11(5-7-17-13)9-15-10-12-4-2-3-6-16-12/h5,7,12,14H,2-4,6,8-10H2,1H3. The van der Waals surface area contributed by atoms with Gasteiger partial charge >= 0.3 is 0 Å². The highest BCUT2D eigenvalue weighted by Gasteiger charge is 2.14. The summed E-state index contributed by atoms with van der Waals surface area (Å²) in [7, 11) is 1.91. The highest BCUT2D eigenvalue weighted by molar-refractivity contribution is 5.15. The third-order valence-corrected chi connectivity index (χ3v) is 3.01. The summed E-state index contributed by atoms with van der Waals surface area (Å²) in [5, 5.41) is 3.08. The molecular formula is C13H21NO3. The van der Waals surface area contributed by atoms with Crippen LogP contribution in [0.1, 0.15) is 30.6 Å². The second kappa shape index (κ2) is 6.79. The molecule has 0 saturated carbocycles. The summed E-state index contributed by atoms with van der Waals surface area (Å²) in [6.07, 6.45) is 5.55. The predicted octanol–water partition coefficient (Wildman–Crippen LogP) is 2.08. The van der Waals surface area contributed by atoms with E-state index < -0.39 is 0 Å². The van der Waals surface area contributed by atoms with Gasteiger partial charge in [-0.1, -0.05) is 0 Å². The van der Waals surface area contributed by atoms with Gasteiger partial charge in [0.2, 0.25) is 0 Å². The first kappa shape index (κ1) is 12.6. The molecule has 1 fully saturated rings. The molecule has 4 heteroatoms. The first-order valence-electron chi connectivity index (χ1n) is 6.29. The summed E-state index contributed by atoms with van der Waals surface area (Å²) >= 11 is 0. The Balaban J connectivity index is 1.71. The van der Waals surface area contributed by atoms with Crippen molar-refractivity contribution in [3.8, 4) is 0 Å². The lowest BCUT2D eigenvalue weighted by Crippen LogP contribution is -2.24. The fourth-order valence-corrected chi connectivity index (χ4v) is 2.05. The van der Waals surface area contributed by atoms with Crippen molar-refractivity contribution in [2.24, 2.45) is 0 Å². The molecule has 0 amide bonds. The van der Waals surface area contributed by atoms with Gasteiger partial charge < -0.3 is 19.2 Å². The minimum absolute atomic E-state index is 0.281. The molecule has 1 atom stereocenters. The largest absolute Gasteiger partial charge is 0.468 e. The van der Waals surface area contributed by atoms with E-state index >= 15 is 0 Å². The number of rotatable bonds is 6. The second-order valence-electron chi connectivity index (χ2n) is 4.40. The molecular weight excluding hydrogens is 218 g/mol. The van der Waals surface area contributed by atoms with Gasteiger partial charge in [0, 0.05) is 12.2 Å². The lowest BCUT2D eigenvalue weighted by atomic mass is 10.1. The van der Waals surface area contributed by atoms with Crippen LogP contribution in [0.4, 0.5) is 0 Å². The average molecular weight is 239 g/mol. The fraction of sp³-hybridized carbons (Fsp3) is 0.692. The van der Waals surface area contributed by atoms with Crippen LogP contribution in [0, 0.1) is 0 Å². The zero-order valence-electron chi connectivity index (χ0n) is 10.4. The van der Waals surface area contributed by atoms with Crippen molar-refractivity contribution in [3.05, 3.63) is 23.7 Å². The van der Waals surface area contributed by atoms with Gasteiger partial charge in [-0.15, -0.1) is 0 Å². The maximum Gasteiger partial charge on any atom is 0.123 e. The molecule has 4 nitrogen and oxygen atoms in total. The number of ether oxygens (including phenoxy) is 2. The molecule has 2 rings (SSSR count). The Bertz CT molecular complexity index is 318. The lowest BCUT2D eigenvalue weighted by Gasteiger charge is -2.22. The average Bonchev–Trinajstić information content (AvgIpc) is 2.79. The van der Waals surface area contributed by atoms with Gasteiger partial charge in [0.25, 0.3) is 0 Å². The van der Waals surface area contributed by atoms with Gasteiger partial charge in [-0.25, -0.2) is 0 Å². The molecule has 1 aromatic rings. The van der Waals surface area contributed by atoms with Crippen LogP contribution >= 0.6 is 0 Å². The topological polar surface area (TPSA) is 43.6 Å². The normalized spacial score (nSPS) is 20.6. The molecule has 17 heavy (non-hydrogen) atoms. The maximum absolute atomic E-state index is 5.69. The third kappa shape index (κ3) is 3.84. The number of furan rings is 1. The molecule has 1 saturated heterocycles. The van der Waals surface area contributed by atoms with Gasteiger partial charge in [-0.05, 0) is 32.4 Å². The molecule has 0 bridgehead atoms. The van der Waals surface area contributed by atoms with Gasteiger partial charge in [0.1, 0.15) is 5.76 Å². The SMILES string of the molecule is CNCc1occc1COCC1CCCCO1. The van der Waals surface area contributed by atoms with E-state index in [2.05, 4.69) is 5.32 Å². The molecule has 2 heterocycles. The predicted molar refractivity (Wildman–Crippen MR) is 64.7 cm³/mol. The van der Waals surface area contributed by atoms with Crippen molar-refractivity contribution < 1.29 is 13.9 Å². The third-order valence-electron chi connectivity index (χ3n) is 3.01. The lowest BCUT2D eigenvalue weighted by molar-refractivity contribution is -0.0449. The molecule has 1 aliphatic heterocycles. The van der Waals surface area contributed by atoms with Gasteiger partial charge in [0.05, 0.1) is 32.1 Å². The van der Waals surface area contributed by atoms with Crippen molar-refractivity contribution in [2.75, 3.05) is 20.3 Å². The van der Waals surface area contributed by atoms with E-state index in [4.69, 9.17) is 13.9 Å². The summed E-state index contributed by atoms with van der Waals surface area (Å²) in [6.45, 7) is 2.91. The second-order valence-corrected chi connectivity index (χ2v) is 4.40. The van der Waals surface area contributed by atoms with Crippen molar-refractivity contribution in [3.63, 3.8) is 0 Å². The Hall–Kier alpha value is -0.840. The molecule has 1 aromatic heterocycles. The van der Waals surface area contributed by atoms with E-state index in [1.54, 1.807) is 6.26 Å². The van der Waals surface area contributed by atoms with Crippen LogP contribution in [-0.4, -0.2) is 26.4 Å². The van der Waals surface area contributed by atoms with E-state index in [0.29, 0.717) is 13.2 Å². The molecule has 1 unspecified atom stereocenters. The van der Waals surface area contributed by atoms with Gasteiger partial charge in [-0.3, -0.25) is 0 Å². The molecule has 0 aromatic carbocycles. The molecule has 0 spiro atoms. The van der Waals surface area contributed by atoms with Gasteiger partial charge in [-0.2, -0.15) is 0 Å². The number of hydrogen-bond acceptors (Lipinski definition) is 4. The Morgan fingerprint density at radius 1 is 1.47 bits per heavy atom. The Kier molecular flexibility index (Phi) is 5.04. The summed E-state index contributed by atoms with van der Waals surface area (Å²) in [6, 6.07) is 1.97. The molecule has 1 aliphatic rings. The summed E-state index contributed by atoms with van der Waals surface area (Å²) in [5.74, 6) is 0.956. The summed E-state index contributed by atoms with van der Waals surface area (Å²) < 4.78 is 16.7. The van der Waals surface area contributed by atoms with Crippen molar-refractivity contribution in [1.82, 2.24) is 5.32 Å². The van der Waals surface area contributed by atoms with E-state index in [1.807, 2.05) is 13.1 Å². The highest BCUT2D eigenvalue weighted by Crippen LogP contribution is 2.15. The van der Waals surface area contributed by atoms with Crippen molar-refractivity contribution in [1.29, 1.82) is 0 Å². The van der Waals surface area contributed by atoms with Crippen LogP contribution in [0.5, 0.6) is 0 Å².